The summed E-state index contributed by atoms with van der Waals surface area (Å²) in [7, 11) is -9.23. The van der Waals surface area contributed by atoms with Gasteiger partial charge in [0.15, 0.2) is 0 Å². The van der Waals surface area contributed by atoms with Gasteiger partial charge in [-0.25, -0.2) is 16.8 Å². The second-order valence-corrected chi connectivity index (χ2v) is 7.52. The van der Waals surface area contributed by atoms with Crippen LogP contribution in [0.25, 0.3) is 0 Å². The predicted octanol–water partition coefficient (Wildman–Crippen LogP) is -1.66. The van der Waals surface area contributed by atoms with Crippen LogP contribution in [0.15, 0.2) is 63.2 Å². The summed E-state index contributed by atoms with van der Waals surface area (Å²) in [6, 6.07) is 8.78. The molecule has 0 aliphatic carbocycles. The molecule has 0 bridgehead atoms. The van der Waals surface area contributed by atoms with Crippen LogP contribution in [0.1, 0.15) is 0 Å². The molecule has 0 aromatic heterocycles. The zero-order chi connectivity index (χ0) is 16.5. The van der Waals surface area contributed by atoms with Crippen molar-refractivity contribution in [1.82, 2.24) is 0 Å². The number of sulfone groups is 1. The van der Waals surface area contributed by atoms with Crippen molar-refractivity contribution in [2.45, 2.75) is 14.7 Å². The normalized spacial score (nSPS) is 11.5. The van der Waals surface area contributed by atoms with Gasteiger partial charge in [-0.3, -0.25) is 10.1 Å². The molecule has 0 saturated heterocycles. The summed E-state index contributed by atoms with van der Waals surface area (Å²) in [5.41, 5.74) is -0.800. The van der Waals surface area contributed by atoms with Gasteiger partial charge >= 0.3 is 51.4 Å². The van der Waals surface area contributed by atoms with Crippen molar-refractivity contribution < 1.29 is 77.7 Å². The van der Waals surface area contributed by atoms with Crippen molar-refractivity contribution in [2.24, 2.45) is 0 Å². The quantitative estimate of drug-likeness (QED) is 0.268. The van der Waals surface area contributed by atoms with Gasteiger partial charge in [-0.15, -0.1) is 0 Å². The first-order valence-electron chi connectivity index (χ1n) is 5.68. The first kappa shape index (κ1) is 20.4. The maximum atomic E-state index is 12.4. The molecule has 0 aliphatic rings. The standard InChI is InChI=1S/C12H9NO7S2.K/c14-13(15)9-6-11(8-12(7-9)22(18,19)20)21(16,17)10-4-2-1-3-5-10;/h1-8H,(H,18,19,20);/q;+1/p-1. The van der Waals surface area contributed by atoms with Gasteiger partial charge in [0.1, 0.15) is 10.1 Å². The topological polar surface area (TPSA) is 134 Å². The second kappa shape index (κ2) is 7.48. The Bertz CT molecular complexity index is 941. The fourth-order valence-corrected chi connectivity index (χ4v) is 3.65. The van der Waals surface area contributed by atoms with Gasteiger partial charge in [0.25, 0.3) is 5.69 Å². The summed E-state index contributed by atoms with van der Waals surface area (Å²) < 4.78 is 57.9. The zero-order valence-corrected chi connectivity index (χ0v) is 16.5. The van der Waals surface area contributed by atoms with E-state index in [1.165, 1.54) is 24.3 Å². The van der Waals surface area contributed by atoms with Gasteiger partial charge in [0, 0.05) is 12.1 Å². The maximum absolute atomic E-state index is 12.4. The molecule has 0 radical (unpaired) electrons. The van der Waals surface area contributed by atoms with E-state index in [1.54, 1.807) is 6.07 Å². The van der Waals surface area contributed by atoms with Gasteiger partial charge in [0.2, 0.25) is 9.84 Å². The van der Waals surface area contributed by atoms with E-state index in [2.05, 4.69) is 0 Å². The van der Waals surface area contributed by atoms with E-state index in [9.17, 15) is 31.5 Å². The monoisotopic (exact) mass is 381 g/mol. The molecule has 8 nitrogen and oxygen atoms in total. The van der Waals surface area contributed by atoms with Crippen molar-refractivity contribution in [3.05, 3.63) is 58.6 Å². The molecule has 0 fully saturated rings. The van der Waals surface area contributed by atoms with Crippen molar-refractivity contribution >= 4 is 25.6 Å². The van der Waals surface area contributed by atoms with Crippen LogP contribution in [-0.4, -0.2) is 26.3 Å². The molecule has 23 heavy (non-hydrogen) atoms. The second-order valence-electron chi connectivity index (χ2n) is 4.19. The molecule has 2 rings (SSSR count). The molecule has 0 amide bonds. The molecular formula is C12H8KNO7S2. The minimum absolute atomic E-state index is 0. The van der Waals surface area contributed by atoms with Gasteiger partial charge in [-0.2, -0.15) is 0 Å². The van der Waals surface area contributed by atoms with E-state index >= 15 is 0 Å². The predicted molar refractivity (Wildman–Crippen MR) is 73.0 cm³/mol. The van der Waals surface area contributed by atoms with E-state index < -0.39 is 40.4 Å². The Hall–Kier alpha value is -0.664. The minimum Gasteiger partial charge on any atom is -0.744 e. The molecule has 0 atom stereocenters. The van der Waals surface area contributed by atoms with Crippen molar-refractivity contribution in [3.63, 3.8) is 0 Å². The largest absolute Gasteiger partial charge is 1.00 e. The molecule has 0 N–H and O–H groups in total. The third kappa shape index (κ3) is 4.67. The molecule has 11 heteroatoms. The molecule has 2 aromatic carbocycles. The summed E-state index contributed by atoms with van der Waals surface area (Å²) in [4.78, 5) is 8.05. The fraction of sp³-hybridized carbons (Fsp3) is 0. The molecule has 0 aliphatic heterocycles. The van der Waals surface area contributed by atoms with Crippen LogP contribution < -0.4 is 51.4 Å². The SMILES string of the molecule is O=[N+]([O-])c1cc(S(=O)(=O)[O-])cc(S(=O)(=O)c2ccccc2)c1.[K+]. The summed E-state index contributed by atoms with van der Waals surface area (Å²) in [6.07, 6.45) is 0. The first-order chi connectivity index (χ1) is 10.1. The van der Waals surface area contributed by atoms with Crippen LogP contribution in [0, 0.1) is 10.1 Å². The van der Waals surface area contributed by atoms with Crippen LogP contribution >= 0.6 is 0 Å². The Morgan fingerprint density at radius 2 is 1.35 bits per heavy atom. The number of nitro benzene ring substituents is 1. The molecular weight excluding hydrogens is 373 g/mol. The van der Waals surface area contributed by atoms with Crippen LogP contribution in [0.4, 0.5) is 5.69 Å². The Labute approximate surface area is 174 Å². The number of rotatable bonds is 4. The van der Waals surface area contributed by atoms with E-state index in [4.69, 9.17) is 0 Å². The van der Waals surface area contributed by atoms with Crippen molar-refractivity contribution in [2.75, 3.05) is 0 Å². The summed E-state index contributed by atoms with van der Waals surface area (Å²) in [5, 5.41) is 10.8. The van der Waals surface area contributed by atoms with Gasteiger partial charge in [-0.1, -0.05) is 18.2 Å². The third-order valence-corrected chi connectivity index (χ3v) is 5.29. The van der Waals surface area contributed by atoms with E-state index in [-0.39, 0.29) is 56.3 Å². The Morgan fingerprint density at radius 1 is 0.826 bits per heavy atom. The minimum atomic E-state index is -5.04. The first-order valence-corrected chi connectivity index (χ1v) is 8.57. The average molecular weight is 381 g/mol. The molecule has 0 saturated carbocycles. The smallest absolute Gasteiger partial charge is 0.744 e. The number of benzene rings is 2. The fourth-order valence-electron chi connectivity index (χ4n) is 1.70. The summed E-state index contributed by atoms with van der Waals surface area (Å²) in [5.74, 6) is 0. The zero-order valence-electron chi connectivity index (χ0n) is 11.7. The van der Waals surface area contributed by atoms with Crippen LogP contribution in [0.3, 0.4) is 0 Å². The molecule has 116 valence electrons. The van der Waals surface area contributed by atoms with Crippen LogP contribution in [0.5, 0.6) is 0 Å². The number of nitrogens with zero attached hydrogens (tertiary/aromatic N) is 1. The van der Waals surface area contributed by atoms with E-state index in [1.807, 2.05) is 0 Å². The molecule has 0 unspecified atom stereocenters. The maximum Gasteiger partial charge on any atom is 1.00 e. The average Bonchev–Trinajstić information content (AvgIpc) is 2.46. The van der Waals surface area contributed by atoms with Gasteiger partial charge < -0.3 is 4.55 Å². The van der Waals surface area contributed by atoms with Crippen molar-refractivity contribution in [3.8, 4) is 0 Å². The Kier molecular flexibility index (Phi) is 6.63. The number of nitro groups is 1. The van der Waals surface area contributed by atoms with E-state index in [0.717, 1.165) is 0 Å². The summed E-state index contributed by atoms with van der Waals surface area (Å²) >= 11 is 0. The number of hydrogen-bond acceptors (Lipinski definition) is 7. The van der Waals surface area contributed by atoms with E-state index in [0.29, 0.717) is 18.2 Å². The molecule has 2 aromatic rings. The summed E-state index contributed by atoms with van der Waals surface area (Å²) in [6.45, 7) is 0. The third-order valence-electron chi connectivity index (χ3n) is 2.73. The Morgan fingerprint density at radius 3 is 1.83 bits per heavy atom. The van der Waals surface area contributed by atoms with Gasteiger partial charge in [-0.05, 0) is 18.2 Å². The molecule has 0 spiro atoms. The number of non-ortho nitro benzene ring substituents is 1. The van der Waals surface area contributed by atoms with Crippen molar-refractivity contribution in [1.29, 1.82) is 0 Å². The number of hydrogen-bond donors (Lipinski definition) is 0. The molecule has 0 heterocycles. The van der Waals surface area contributed by atoms with Crippen LogP contribution in [-0.2, 0) is 20.0 Å². The van der Waals surface area contributed by atoms with Crippen LogP contribution in [0.2, 0.25) is 0 Å². The van der Waals surface area contributed by atoms with Gasteiger partial charge in [0.05, 0.1) is 19.6 Å². The Balaban J connectivity index is 0.00000264.